The molecule has 0 aliphatic heterocycles. The summed E-state index contributed by atoms with van der Waals surface area (Å²) >= 11 is 0. The zero-order valence-electron chi connectivity index (χ0n) is 12.8. The van der Waals surface area contributed by atoms with Gasteiger partial charge in [-0.05, 0) is 41.5 Å². The summed E-state index contributed by atoms with van der Waals surface area (Å²) in [6.07, 6.45) is 0.847. The summed E-state index contributed by atoms with van der Waals surface area (Å²) in [6, 6.07) is 23.5. The van der Waals surface area contributed by atoms with E-state index in [0.29, 0.717) is 17.2 Å². The van der Waals surface area contributed by atoms with Gasteiger partial charge in [0, 0.05) is 11.3 Å². The number of anilines is 2. The molecule has 116 valence electrons. The third-order valence-corrected chi connectivity index (χ3v) is 3.77. The van der Waals surface area contributed by atoms with Gasteiger partial charge in [-0.25, -0.2) is 0 Å². The molecule has 0 amide bonds. The molecule has 0 aliphatic rings. The monoisotopic (exact) mass is 314 g/mol. The van der Waals surface area contributed by atoms with Crippen molar-refractivity contribution in [1.82, 2.24) is 4.98 Å². The highest BCUT2D eigenvalue weighted by Gasteiger charge is 2.08. The average Bonchev–Trinajstić information content (AvgIpc) is 3.04. The van der Waals surface area contributed by atoms with Crippen molar-refractivity contribution in [1.29, 1.82) is 0 Å². The molecule has 1 N–H and O–H groups in total. The Morgan fingerprint density at radius 1 is 0.875 bits per heavy atom. The van der Waals surface area contributed by atoms with Gasteiger partial charge in [0.2, 0.25) is 0 Å². The second-order valence-corrected chi connectivity index (χ2v) is 5.44. The number of hydrogen-bond donors (Lipinski definition) is 1. The van der Waals surface area contributed by atoms with Gasteiger partial charge in [-0.1, -0.05) is 42.5 Å². The molecule has 0 saturated carbocycles. The Bertz CT molecular complexity index is 1010. The number of nitrogens with one attached hydrogen (secondary N) is 1. The normalized spacial score (nSPS) is 10.7. The van der Waals surface area contributed by atoms with E-state index < -0.39 is 0 Å². The molecule has 1 aromatic heterocycles. The first-order valence-corrected chi connectivity index (χ1v) is 7.60. The van der Waals surface area contributed by atoms with Crippen LogP contribution >= 0.6 is 0 Å². The molecule has 1 heterocycles. The van der Waals surface area contributed by atoms with Crippen LogP contribution in [0.3, 0.4) is 0 Å². The number of carbonyl (C=O) groups excluding carboxylic acids is 1. The molecule has 24 heavy (non-hydrogen) atoms. The number of aldehydes is 1. The third kappa shape index (κ3) is 2.77. The van der Waals surface area contributed by atoms with E-state index in [1.807, 2.05) is 66.7 Å². The predicted octanol–water partition coefficient (Wildman–Crippen LogP) is 5.05. The van der Waals surface area contributed by atoms with Crippen LogP contribution in [0.2, 0.25) is 0 Å². The SMILES string of the molecule is O=Cc1cccc(-c2ccc3oc(Nc4ccccc4)nc3c2)c1. The van der Waals surface area contributed by atoms with Gasteiger partial charge in [-0.3, -0.25) is 4.79 Å². The molecule has 0 radical (unpaired) electrons. The highest BCUT2D eigenvalue weighted by atomic mass is 16.4. The number of rotatable bonds is 4. The Balaban J connectivity index is 1.69. The number of carbonyl (C=O) groups is 1. The van der Waals surface area contributed by atoms with Crippen molar-refractivity contribution in [2.75, 3.05) is 5.32 Å². The Kier molecular flexibility index (Phi) is 3.56. The van der Waals surface area contributed by atoms with E-state index in [1.54, 1.807) is 6.07 Å². The zero-order valence-corrected chi connectivity index (χ0v) is 12.8. The second-order valence-electron chi connectivity index (χ2n) is 5.44. The van der Waals surface area contributed by atoms with Gasteiger partial charge < -0.3 is 9.73 Å². The maximum absolute atomic E-state index is 10.9. The number of nitrogens with zero attached hydrogens (tertiary/aromatic N) is 1. The summed E-state index contributed by atoms with van der Waals surface area (Å²) in [5.41, 5.74) is 5.01. The van der Waals surface area contributed by atoms with Gasteiger partial charge in [-0.15, -0.1) is 0 Å². The minimum Gasteiger partial charge on any atom is -0.423 e. The van der Waals surface area contributed by atoms with Crippen LogP contribution in [0.5, 0.6) is 0 Å². The Labute approximate surface area is 138 Å². The zero-order chi connectivity index (χ0) is 16.4. The van der Waals surface area contributed by atoms with Gasteiger partial charge in [0.25, 0.3) is 6.01 Å². The maximum atomic E-state index is 10.9. The van der Waals surface area contributed by atoms with E-state index in [9.17, 15) is 4.79 Å². The lowest BCUT2D eigenvalue weighted by atomic mass is 10.0. The molecular formula is C20H14N2O2. The van der Waals surface area contributed by atoms with E-state index in [-0.39, 0.29) is 0 Å². The Morgan fingerprint density at radius 3 is 2.54 bits per heavy atom. The first-order chi connectivity index (χ1) is 11.8. The van der Waals surface area contributed by atoms with Crippen molar-refractivity contribution in [2.24, 2.45) is 0 Å². The molecule has 0 aliphatic carbocycles. The quantitative estimate of drug-likeness (QED) is 0.535. The van der Waals surface area contributed by atoms with Crippen molar-refractivity contribution < 1.29 is 9.21 Å². The molecule has 4 heteroatoms. The number of aromatic nitrogens is 1. The smallest absolute Gasteiger partial charge is 0.300 e. The van der Waals surface area contributed by atoms with Crippen molar-refractivity contribution in [3.63, 3.8) is 0 Å². The molecule has 0 fully saturated rings. The molecule has 4 nitrogen and oxygen atoms in total. The van der Waals surface area contributed by atoms with Crippen molar-refractivity contribution in [3.8, 4) is 11.1 Å². The molecule has 0 saturated heterocycles. The molecule has 0 bridgehead atoms. The summed E-state index contributed by atoms with van der Waals surface area (Å²) < 4.78 is 5.73. The molecule has 0 unspecified atom stereocenters. The van der Waals surface area contributed by atoms with Crippen molar-refractivity contribution >= 4 is 29.1 Å². The highest BCUT2D eigenvalue weighted by Crippen LogP contribution is 2.27. The lowest BCUT2D eigenvalue weighted by Crippen LogP contribution is -1.88. The molecular weight excluding hydrogens is 300 g/mol. The highest BCUT2D eigenvalue weighted by molar-refractivity contribution is 5.84. The van der Waals surface area contributed by atoms with Gasteiger partial charge in [-0.2, -0.15) is 4.98 Å². The number of para-hydroxylation sites is 1. The minimum absolute atomic E-state index is 0.454. The second kappa shape index (κ2) is 6.01. The lowest BCUT2D eigenvalue weighted by molar-refractivity contribution is 0.112. The van der Waals surface area contributed by atoms with Crippen LogP contribution in [0.15, 0.2) is 77.2 Å². The van der Waals surface area contributed by atoms with E-state index >= 15 is 0 Å². The first-order valence-electron chi connectivity index (χ1n) is 7.60. The third-order valence-electron chi connectivity index (χ3n) is 3.77. The fourth-order valence-electron chi connectivity index (χ4n) is 2.60. The van der Waals surface area contributed by atoms with Gasteiger partial charge in [0.05, 0.1) is 0 Å². The van der Waals surface area contributed by atoms with Crippen molar-refractivity contribution in [2.45, 2.75) is 0 Å². The number of benzene rings is 3. The van der Waals surface area contributed by atoms with Crippen LogP contribution in [-0.4, -0.2) is 11.3 Å². The number of hydrogen-bond acceptors (Lipinski definition) is 4. The van der Waals surface area contributed by atoms with Crippen molar-refractivity contribution in [3.05, 3.63) is 78.4 Å². The maximum Gasteiger partial charge on any atom is 0.300 e. The van der Waals surface area contributed by atoms with Crippen LogP contribution in [-0.2, 0) is 0 Å². The number of fused-ring (bicyclic) bond motifs is 1. The largest absolute Gasteiger partial charge is 0.423 e. The fraction of sp³-hybridized carbons (Fsp3) is 0. The van der Waals surface area contributed by atoms with E-state index in [1.165, 1.54) is 0 Å². The summed E-state index contributed by atoms with van der Waals surface area (Å²) in [5, 5.41) is 3.15. The molecule has 0 atom stereocenters. The summed E-state index contributed by atoms with van der Waals surface area (Å²) in [4.78, 5) is 15.4. The van der Waals surface area contributed by atoms with Crippen LogP contribution < -0.4 is 5.32 Å². The first kappa shape index (κ1) is 14.2. The minimum atomic E-state index is 0.454. The van der Waals surface area contributed by atoms with Crippen LogP contribution in [0, 0.1) is 0 Å². The van der Waals surface area contributed by atoms with Gasteiger partial charge >= 0.3 is 0 Å². The van der Waals surface area contributed by atoms with Crippen LogP contribution in [0.1, 0.15) is 10.4 Å². The van der Waals surface area contributed by atoms with E-state index in [4.69, 9.17) is 4.42 Å². The summed E-state index contributed by atoms with van der Waals surface area (Å²) in [5.74, 6) is 0. The molecule has 4 aromatic rings. The predicted molar refractivity (Wildman–Crippen MR) is 94.6 cm³/mol. The average molecular weight is 314 g/mol. The standard InChI is InChI=1S/C20H14N2O2/c23-13-14-5-4-6-15(11-14)16-9-10-19-18(12-16)22-20(24-19)21-17-7-2-1-3-8-17/h1-13H,(H,21,22). The van der Waals surface area contributed by atoms with Crippen LogP contribution in [0.25, 0.3) is 22.2 Å². The lowest BCUT2D eigenvalue weighted by Gasteiger charge is -2.01. The van der Waals surface area contributed by atoms with Crippen LogP contribution in [0.4, 0.5) is 11.7 Å². The summed E-state index contributed by atoms with van der Waals surface area (Å²) in [7, 11) is 0. The topological polar surface area (TPSA) is 55.1 Å². The van der Waals surface area contributed by atoms with E-state index in [0.717, 1.165) is 28.6 Å². The van der Waals surface area contributed by atoms with Gasteiger partial charge in [0.15, 0.2) is 5.58 Å². The fourth-order valence-corrected chi connectivity index (χ4v) is 2.60. The molecule has 0 spiro atoms. The van der Waals surface area contributed by atoms with Gasteiger partial charge in [0.1, 0.15) is 11.8 Å². The summed E-state index contributed by atoms with van der Waals surface area (Å²) in [6.45, 7) is 0. The molecule has 4 rings (SSSR count). The van der Waals surface area contributed by atoms with E-state index in [2.05, 4.69) is 10.3 Å². The Morgan fingerprint density at radius 2 is 1.71 bits per heavy atom. The Hall–Kier alpha value is -3.40. The number of oxazole rings is 1. The molecule has 3 aromatic carbocycles.